The fraction of sp³-hybridized carbons (Fsp3) is 0.929. The monoisotopic (exact) mass is 255 g/mol. The number of hydrogen-bond donors (Lipinski definition) is 2. The average Bonchev–Trinajstić information content (AvgIpc) is 2.43. The summed E-state index contributed by atoms with van der Waals surface area (Å²) in [6.07, 6.45) is 5.61. The highest BCUT2D eigenvalue weighted by Gasteiger charge is 2.36. The molecule has 0 spiro atoms. The van der Waals surface area contributed by atoms with Gasteiger partial charge in [0.15, 0.2) is 0 Å². The van der Waals surface area contributed by atoms with Crippen molar-refractivity contribution in [3.8, 4) is 0 Å². The molecule has 1 saturated heterocycles. The van der Waals surface area contributed by atoms with Gasteiger partial charge in [-0.1, -0.05) is 6.92 Å². The number of hydrogen-bond acceptors (Lipinski definition) is 3. The first-order valence-corrected chi connectivity index (χ1v) is 7.16. The lowest BCUT2D eigenvalue weighted by molar-refractivity contribution is -0.131. The van der Waals surface area contributed by atoms with E-state index in [-0.39, 0.29) is 24.0 Å². The molecule has 2 aliphatic rings. The summed E-state index contributed by atoms with van der Waals surface area (Å²) in [6.45, 7) is 3.67. The quantitative estimate of drug-likeness (QED) is 0.803. The van der Waals surface area contributed by atoms with Gasteiger partial charge >= 0.3 is 0 Å². The first-order valence-electron chi connectivity index (χ1n) is 7.16. The van der Waals surface area contributed by atoms with Crippen molar-refractivity contribution in [2.24, 2.45) is 11.8 Å². The Kier molecular flexibility index (Phi) is 4.62. The molecular formula is C14H25NO3. The predicted octanol–water partition coefficient (Wildman–Crippen LogP) is 1.47. The van der Waals surface area contributed by atoms with E-state index in [0.29, 0.717) is 19.1 Å². The van der Waals surface area contributed by atoms with E-state index in [9.17, 15) is 9.90 Å². The van der Waals surface area contributed by atoms with E-state index in [1.807, 2.05) is 0 Å². The Labute approximate surface area is 109 Å². The molecule has 0 aromatic rings. The van der Waals surface area contributed by atoms with E-state index >= 15 is 0 Å². The first kappa shape index (κ1) is 13.8. The van der Waals surface area contributed by atoms with E-state index < -0.39 is 0 Å². The van der Waals surface area contributed by atoms with E-state index in [1.54, 1.807) is 0 Å². The molecule has 0 radical (unpaired) electrons. The summed E-state index contributed by atoms with van der Waals surface area (Å²) in [6, 6.07) is 0. The van der Waals surface area contributed by atoms with Crippen molar-refractivity contribution < 1.29 is 14.6 Å². The summed E-state index contributed by atoms with van der Waals surface area (Å²) in [5.41, 5.74) is -0.359. The molecule has 0 aromatic heterocycles. The number of rotatable bonds is 3. The molecule has 4 heteroatoms. The van der Waals surface area contributed by atoms with Gasteiger partial charge in [-0.3, -0.25) is 4.79 Å². The van der Waals surface area contributed by atoms with Crippen molar-refractivity contribution in [3.05, 3.63) is 0 Å². The van der Waals surface area contributed by atoms with Crippen molar-refractivity contribution in [1.82, 2.24) is 5.32 Å². The van der Waals surface area contributed by atoms with Gasteiger partial charge in [-0.2, -0.15) is 0 Å². The highest BCUT2D eigenvalue weighted by Crippen LogP contribution is 2.32. The molecular weight excluding hydrogens is 230 g/mol. The predicted molar refractivity (Wildman–Crippen MR) is 69.1 cm³/mol. The lowest BCUT2D eigenvalue weighted by atomic mass is 9.77. The zero-order valence-electron chi connectivity index (χ0n) is 11.3. The molecule has 4 nitrogen and oxygen atoms in total. The van der Waals surface area contributed by atoms with Crippen molar-refractivity contribution in [3.63, 3.8) is 0 Å². The third-order valence-corrected chi connectivity index (χ3v) is 4.51. The van der Waals surface area contributed by atoms with Crippen molar-refractivity contribution in [2.75, 3.05) is 19.8 Å². The van der Waals surface area contributed by atoms with Gasteiger partial charge in [0.2, 0.25) is 5.91 Å². The van der Waals surface area contributed by atoms with Crippen molar-refractivity contribution in [2.45, 2.75) is 51.0 Å². The molecule has 1 heterocycles. The van der Waals surface area contributed by atoms with Crippen LogP contribution in [0.5, 0.6) is 0 Å². The standard InChI is InChI=1S/C14H25NO3/c1-11-2-6-14(10-16,7-3-11)15-13(17)12-4-8-18-9-5-12/h11-12,16H,2-10H2,1H3,(H,15,17). The summed E-state index contributed by atoms with van der Waals surface area (Å²) in [4.78, 5) is 12.2. The number of ether oxygens (including phenoxy) is 1. The third kappa shape index (κ3) is 3.23. The summed E-state index contributed by atoms with van der Waals surface area (Å²) in [7, 11) is 0. The summed E-state index contributed by atoms with van der Waals surface area (Å²) < 4.78 is 5.28. The number of nitrogens with one attached hydrogen (secondary N) is 1. The molecule has 1 amide bonds. The van der Waals surface area contributed by atoms with Crippen LogP contribution in [0.25, 0.3) is 0 Å². The van der Waals surface area contributed by atoms with Crippen LogP contribution in [-0.4, -0.2) is 36.4 Å². The summed E-state index contributed by atoms with van der Waals surface area (Å²) >= 11 is 0. The van der Waals surface area contributed by atoms with E-state index in [0.717, 1.165) is 38.5 Å². The lowest BCUT2D eigenvalue weighted by Crippen LogP contribution is -2.55. The molecule has 0 aromatic carbocycles. The van der Waals surface area contributed by atoms with Gasteiger partial charge in [0, 0.05) is 19.1 Å². The van der Waals surface area contributed by atoms with Crippen molar-refractivity contribution >= 4 is 5.91 Å². The Morgan fingerprint density at radius 1 is 1.28 bits per heavy atom. The Hall–Kier alpha value is -0.610. The lowest BCUT2D eigenvalue weighted by Gasteiger charge is -2.40. The fourth-order valence-corrected chi connectivity index (χ4v) is 2.96. The normalized spacial score (nSPS) is 34.2. The fourth-order valence-electron chi connectivity index (χ4n) is 2.96. The number of aliphatic hydroxyl groups excluding tert-OH is 1. The Morgan fingerprint density at radius 2 is 1.89 bits per heavy atom. The van der Waals surface area contributed by atoms with Crippen LogP contribution in [0.2, 0.25) is 0 Å². The minimum atomic E-state index is -0.359. The maximum absolute atomic E-state index is 12.2. The van der Waals surface area contributed by atoms with Crippen LogP contribution in [0.3, 0.4) is 0 Å². The van der Waals surface area contributed by atoms with E-state index in [4.69, 9.17) is 4.74 Å². The Bertz CT molecular complexity index is 279. The summed E-state index contributed by atoms with van der Waals surface area (Å²) in [5.74, 6) is 0.896. The topological polar surface area (TPSA) is 58.6 Å². The highest BCUT2D eigenvalue weighted by atomic mass is 16.5. The van der Waals surface area contributed by atoms with Crippen LogP contribution >= 0.6 is 0 Å². The minimum absolute atomic E-state index is 0.0642. The second-order valence-corrected chi connectivity index (χ2v) is 6.00. The maximum Gasteiger partial charge on any atom is 0.223 e. The van der Waals surface area contributed by atoms with Gasteiger partial charge < -0.3 is 15.2 Å². The Balaban J connectivity index is 1.90. The molecule has 2 N–H and O–H groups in total. The van der Waals surface area contributed by atoms with Gasteiger partial charge in [0.1, 0.15) is 0 Å². The molecule has 0 atom stereocenters. The maximum atomic E-state index is 12.2. The average molecular weight is 255 g/mol. The molecule has 18 heavy (non-hydrogen) atoms. The third-order valence-electron chi connectivity index (χ3n) is 4.51. The molecule has 1 saturated carbocycles. The number of amides is 1. The van der Waals surface area contributed by atoms with Crippen LogP contribution in [-0.2, 0) is 9.53 Å². The van der Waals surface area contributed by atoms with E-state index in [2.05, 4.69) is 12.2 Å². The molecule has 104 valence electrons. The van der Waals surface area contributed by atoms with Crippen LogP contribution in [0.1, 0.15) is 45.4 Å². The first-order chi connectivity index (χ1) is 8.65. The van der Waals surface area contributed by atoms with Gasteiger partial charge in [-0.15, -0.1) is 0 Å². The summed E-state index contributed by atoms with van der Waals surface area (Å²) in [5, 5.41) is 12.8. The zero-order chi connectivity index (χ0) is 13.0. The van der Waals surface area contributed by atoms with Gasteiger partial charge in [0.05, 0.1) is 12.1 Å². The van der Waals surface area contributed by atoms with Crippen LogP contribution in [0, 0.1) is 11.8 Å². The SMILES string of the molecule is CC1CCC(CO)(NC(=O)C2CCOCC2)CC1. The molecule has 0 unspecified atom stereocenters. The highest BCUT2D eigenvalue weighted by molar-refractivity contribution is 5.79. The second kappa shape index (κ2) is 6.02. The van der Waals surface area contributed by atoms with Gasteiger partial charge in [0.25, 0.3) is 0 Å². The minimum Gasteiger partial charge on any atom is -0.394 e. The van der Waals surface area contributed by atoms with Crippen LogP contribution in [0.15, 0.2) is 0 Å². The smallest absolute Gasteiger partial charge is 0.223 e. The Morgan fingerprint density at radius 3 is 2.44 bits per heavy atom. The van der Waals surface area contributed by atoms with Gasteiger partial charge in [-0.05, 0) is 44.4 Å². The molecule has 0 bridgehead atoms. The number of carbonyl (C=O) groups is 1. The van der Waals surface area contributed by atoms with Crippen LogP contribution < -0.4 is 5.32 Å². The second-order valence-electron chi connectivity index (χ2n) is 6.00. The van der Waals surface area contributed by atoms with E-state index in [1.165, 1.54) is 0 Å². The van der Waals surface area contributed by atoms with Crippen LogP contribution in [0.4, 0.5) is 0 Å². The molecule has 2 rings (SSSR count). The van der Waals surface area contributed by atoms with Crippen molar-refractivity contribution in [1.29, 1.82) is 0 Å². The molecule has 1 aliphatic heterocycles. The molecule has 1 aliphatic carbocycles. The molecule has 2 fully saturated rings. The largest absolute Gasteiger partial charge is 0.394 e. The number of carbonyl (C=O) groups excluding carboxylic acids is 1. The zero-order valence-corrected chi connectivity index (χ0v) is 11.3. The number of aliphatic hydroxyl groups is 1. The van der Waals surface area contributed by atoms with Gasteiger partial charge in [-0.25, -0.2) is 0 Å².